The van der Waals surface area contributed by atoms with Crippen LogP contribution in [0.25, 0.3) is 10.6 Å². The lowest BCUT2D eigenvalue weighted by Gasteiger charge is -2.18. The lowest BCUT2D eigenvalue weighted by Crippen LogP contribution is -2.31. The second kappa shape index (κ2) is 7.21. The van der Waals surface area contributed by atoms with Crippen molar-refractivity contribution in [3.05, 3.63) is 29.3 Å². The second-order valence-corrected chi connectivity index (χ2v) is 5.39. The van der Waals surface area contributed by atoms with E-state index in [1.54, 1.807) is 11.3 Å². The molecule has 2 heterocycles. The summed E-state index contributed by atoms with van der Waals surface area (Å²) in [5, 5.41) is 6.06. The summed E-state index contributed by atoms with van der Waals surface area (Å²) in [6.45, 7) is 3.74. The average molecular weight is 294 g/mol. The molecule has 5 nitrogen and oxygen atoms in total. The SMILES string of the molecule is CCCN(CC(=O)OC)Cc1cc(-c2cccs2)on1. The van der Waals surface area contributed by atoms with Crippen LogP contribution in [0.1, 0.15) is 19.0 Å². The summed E-state index contributed by atoms with van der Waals surface area (Å²) < 4.78 is 10.0. The fourth-order valence-corrected chi connectivity index (χ4v) is 2.60. The van der Waals surface area contributed by atoms with Crippen molar-refractivity contribution >= 4 is 17.3 Å². The van der Waals surface area contributed by atoms with E-state index in [0.29, 0.717) is 6.54 Å². The van der Waals surface area contributed by atoms with Gasteiger partial charge in [-0.1, -0.05) is 18.1 Å². The molecule has 2 aromatic rings. The molecule has 0 bridgehead atoms. The quantitative estimate of drug-likeness (QED) is 0.735. The van der Waals surface area contributed by atoms with Gasteiger partial charge in [0.15, 0.2) is 5.76 Å². The predicted octanol–water partition coefficient (Wildman–Crippen LogP) is 2.79. The van der Waals surface area contributed by atoms with E-state index < -0.39 is 0 Å². The molecular formula is C14H18N2O3S. The summed E-state index contributed by atoms with van der Waals surface area (Å²) in [7, 11) is 1.40. The molecule has 0 N–H and O–H groups in total. The number of nitrogens with zero attached hydrogens (tertiary/aromatic N) is 2. The molecule has 0 radical (unpaired) electrons. The molecule has 0 atom stereocenters. The lowest BCUT2D eigenvalue weighted by atomic mass is 10.3. The number of hydrogen-bond acceptors (Lipinski definition) is 6. The Balaban J connectivity index is 2.01. The molecule has 108 valence electrons. The van der Waals surface area contributed by atoms with Crippen molar-refractivity contribution in [2.45, 2.75) is 19.9 Å². The van der Waals surface area contributed by atoms with Gasteiger partial charge < -0.3 is 9.26 Å². The molecule has 0 saturated heterocycles. The number of ether oxygens (including phenoxy) is 1. The van der Waals surface area contributed by atoms with Gasteiger partial charge in [-0.2, -0.15) is 0 Å². The highest BCUT2D eigenvalue weighted by atomic mass is 32.1. The lowest BCUT2D eigenvalue weighted by molar-refractivity contribution is -0.142. The third-order valence-corrected chi connectivity index (χ3v) is 3.71. The number of thiophene rings is 1. The van der Waals surface area contributed by atoms with Crippen molar-refractivity contribution in [2.75, 3.05) is 20.2 Å². The molecule has 2 aromatic heterocycles. The van der Waals surface area contributed by atoms with Crippen LogP contribution in [0, 0.1) is 0 Å². The largest absolute Gasteiger partial charge is 0.468 e. The van der Waals surface area contributed by atoms with E-state index in [2.05, 4.69) is 12.1 Å². The highest BCUT2D eigenvalue weighted by molar-refractivity contribution is 7.13. The average Bonchev–Trinajstić information content (AvgIpc) is 3.08. The zero-order valence-corrected chi connectivity index (χ0v) is 12.5. The molecule has 0 unspecified atom stereocenters. The van der Waals surface area contributed by atoms with Gasteiger partial charge in [-0.25, -0.2) is 0 Å². The van der Waals surface area contributed by atoms with Gasteiger partial charge in [-0.3, -0.25) is 9.69 Å². The molecule has 0 saturated carbocycles. The fourth-order valence-electron chi connectivity index (χ4n) is 1.93. The first kappa shape index (κ1) is 14.7. The van der Waals surface area contributed by atoms with Crippen LogP contribution in [-0.2, 0) is 16.1 Å². The van der Waals surface area contributed by atoms with Crippen LogP contribution in [0.3, 0.4) is 0 Å². The van der Waals surface area contributed by atoms with Crippen LogP contribution >= 0.6 is 11.3 Å². The van der Waals surface area contributed by atoms with E-state index in [-0.39, 0.29) is 12.5 Å². The van der Waals surface area contributed by atoms with E-state index in [0.717, 1.165) is 29.3 Å². The van der Waals surface area contributed by atoms with Crippen LogP contribution in [0.5, 0.6) is 0 Å². The van der Waals surface area contributed by atoms with Gasteiger partial charge in [0.05, 0.1) is 24.2 Å². The Morgan fingerprint density at radius 3 is 3.05 bits per heavy atom. The minimum atomic E-state index is -0.236. The summed E-state index contributed by atoms with van der Waals surface area (Å²) in [6, 6.07) is 5.89. The number of aromatic nitrogens is 1. The number of esters is 1. The molecule has 2 rings (SSSR count). The monoisotopic (exact) mass is 294 g/mol. The normalized spacial score (nSPS) is 10.9. The highest BCUT2D eigenvalue weighted by Gasteiger charge is 2.14. The van der Waals surface area contributed by atoms with Crippen molar-refractivity contribution in [3.63, 3.8) is 0 Å². The fraction of sp³-hybridized carbons (Fsp3) is 0.429. The van der Waals surface area contributed by atoms with Crippen LogP contribution < -0.4 is 0 Å². The zero-order chi connectivity index (χ0) is 14.4. The van der Waals surface area contributed by atoms with Gasteiger partial charge >= 0.3 is 5.97 Å². The number of methoxy groups -OCH3 is 1. The van der Waals surface area contributed by atoms with E-state index in [1.165, 1.54) is 7.11 Å². The topological polar surface area (TPSA) is 55.6 Å². The number of hydrogen-bond donors (Lipinski definition) is 0. The van der Waals surface area contributed by atoms with Crippen LogP contribution in [0.4, 0.5) is 0 Å². The highest BCUT2D eigenvalue weighted by Crippen LogP contribution is 2.25. The van der Waals surface area contributed by atoms with Crippen molar-refractivity contribution < 1.29 is 14.1 Å². The van der Waals surface area contributed by atoms with Gasteiger partial charge in [-0.15, -0.1) is 11.3 Å². The van der Waals surface area contributed by atoms with Gasteiger partial charge in [0.1, 0.15) is 0 Å². The Hall–Kier alpha value is -1.66. The van der Waals surface area contributed by atoms with Crippen molar-refractivity contribution in [3.8, 4) is 10.6 Å². The maximum atomic E-state index is 11.4. The second-order valence-electron chi connectivity index (χ2n) is 4.45. The smallest absolute Gasteiger partial charge is 0.319 e. The Morgan fingerprint density at radius 2 is 2.40 bits per heavy atom. The van der Waals surface area contributed by atoms with Crippen LogP contribution in [-0.4, -0.2) is 36.2 Å². The molecule has 0 aromatic carbocycles. The third kappa shape index (κ3) is 3.91. The summed E-state index contributed by atoms with van der Waals surface area (Å²) in [5.41, 5.74) is 0.825. The molecule has 0 amide bonds. The van der Waals surface area contributed by atoms with Gasteiger partial charge in [0, 0.05) is 12.6 Å². The van der Waals surface area contributed by atoms with Crippen LogP contribution in [0.2, 0.25) is 0 Å². The summed E-state index contributed by atoms with van der Waals surface area (Å²) in [4.78, 5) is 14.4. The summed E-state index contributed by atoms with van der Waals surface area (Å²) in [5.74, 6) is 0.532. The third-order valence-electron chi connectivity index (χ3n) is 2.83. The van der Waals surface area contributed by atoms with Gasteiger partial charge in [-0.05, 0) is 24.4 Å². The molecule has 20 heavy (non-hydrogen) atoms. The minimum Gasteiger partial charge on any atom is -0.468 e. The number of carbonyl (C=O) groups excluding carboxylic acids is 1. The Morgan fingerprint density at radius 1 is 1.55 bits per heavy atom. The maximum Gasteiger partial charge on any atom is 0.319 e. The molecule has 0 aliphatic heterocycles. The van der Waals surface area contributed by atoms with Crippen molar-refractivity contribution in [1.29, 1.82) is 0 Å². The van der Waals surface area contributed by atoms with Gasteiger partial charge in [0.2, 0.25) is 0 Å². The number of carbonyl (C=O) groups is 1. The van der Waals surface area contributed by atoms with Crippen molar-refractivity contribution in [2.24, 2.45) is 0 Å². The molecule has 0 aliphatic carbocycles. The van der Waals surface area contributed by atoms with E-state index in [4.69, 9.17) is 9.26 Å². The number of rotatable bonds is 7. The Bertz CT molecular complexity index is 536. The minimum absolute atomic E-state index is 0.236. The summed E-state index contributed by atoms with van der Waals surface area (Å²) >= 11 is 1.61. The molecule has 0 aliphatic rings. The maximum absolute atomic E-state index is 11.4. The van der Waals surface area contributed by atoms with Crippen LogP contribution in [0.15, 0.2) is 28.1 Å². The zero-order valence-electron chi connectivity index (χ0n) is 11.7. The molecular weight excluding hydrogens is 276 g/mol. The van der Waals surface area contributed by atoms with Gasteiger partial charge in [0.25, 0.3) is 0 Å². The van der Waals surface area contributed by atoms with E-state index >= 15 is 0 Å². The summed E-state index contributed by atoms with van der Waals surface area (Å²) in [6.07, 6.45) is 0.965. The van der Waals surface area contributed by atoms with E-state index in [9.17, 15) is 4.79 Å². The molecule has 0 fully saturated rings. The first-order valence-electron chi connectivity index (χ1n) is 6.51. The van der Waals surface area contributed by atoms with E-state index in [1.807, 2.05) is 28.5 Å². The molecule has 6 heteroatoms. The Kier molecular flexibility index (Phi) is 5.31. The predicted molar refractivity (Wildman–Crippen MR) is 77.4 cm³/mol. The first-order valence-corrected chi connectivity index (χ1v) is 7.39. The standard InChI is InChI=1S/C14H18N2O3S/c1-3-6-16(10-14(17)18-2)9-11-8-12(19-15-11)13-5-4-7-20-13/h4-5,7-8H,3,6,9-10H2,1-2H3. The molecule has 0 spiro atoms. The Labute approximate surface area is 122 Å². The van der Waals surface area contributed by atoms with Crippen molar-refractivity contribution in [1.82, 2.24) is 10.1 Å². The first-order chi connectivity index (χ1) is 9.72.